The zero-order valence-corrected chi connectivity index (χ0v) is 27.5. The quantitative estimate of drug-likeness (QED) is 0.329. The molecule has 4 aliphatic carbocycles. The van der Waals surface area contributed by atoms with E-state index in [1.807, 2.05) is 30.3 Å². The zero-order valence-electron chi connectivity index (χ0n) is 25.9. The van der Waals surface area contributed by atoms with Crippen molar-refractivity contribution in [2.45, 2.75) is 96.1 Å². The highest BCUT2D eigenvalue weighted by Crippen LogP contribution is 2.69. The molecule has 0 spiro atoms. The molecular formula is C35H50N2O3S2. The Morgan fingerprint density at radius 2 is 1.71 bits per heavy atom. The van der Waals surface area contributed by atoms with Crippen molar-refractivity contribution in [2.24, 2.45) is 52.3 Å². The van der Waals surface area contributed by atoms with Gasteiger partial charge in [0.05, 0.1) is 0 Å². The Morgan fingerprint density at radius 3 is 2.48 bits per heavy atom. The van der Waals surface area contributed by atoms with Crippen LogP contribution in [0.1, 0.15) is 91.9 Å². The van der Waals surface area contributed by atoms with E-state index in [1.165, 1.54) is 75.5 Å². The number of fused-ring (bicyclic) bond motifs is 5. The second-order valence-electron chi connectivity index (χ2n) is 14.6. The predicted octanol–water partition coefficient (Wildman–Crippen LogP) is 8.72. The smallest absolute Gasteiger partial charge is 0.328 e. The van der Waals surface area contributed by atoms with Crippen molar-refractivity contribution in [3.63, 3.8) is 0 Å². The van der Waals surface area contributed by atoms with Crippen LogP contribution in [0.2, 0.25) is 0 Å². The number of rotatable bonds is 7. The minimum Gasteiger partial charge on any atom is -0.337 e. The first-order chi connectivity index (χ1) is 20.1. The molecule has 1 aromatic heterocycles. The normalized spacial score (nSPS) is 36.8. The molecule has 0 bridgehead atoms. The van der Waals surface area contributed by atoms with Gasteiger partial charge in [0.25, 0.3) is 10.0 Å². The van der Waals surface area contributed by atoms with Crippen LogP contribution >= 0.6 is 11.3 Å². The molecular weight excluding hydrogens is 561 g/mol. The van der Waals surface area contributed by atoms with Gasteiger partial charge in [0.15, 0.2) is 0 Å². The number of amides is 2. The number of sulfonamides is 1. The third-order valence-corrected chi connectivity index (χ3v) is 15.7. The van der Waals surface area contributed by atoms with Crippen LogP contribution < -0.4 is 10.0 Å². The van der Waals surface area contributed by atoms with Crippen LogP contribution in [-0.4, -0.2) is 21.0 Å². The molecule has 2 N–H and O–H groups in total. The van der Waals surface area contributed by atoms with E-state index in [0.717, 1.165) is 40.0 Å². The summed E-state index contributed by atoms with van der Waals surface area (Å²) in [5.74, 6) is 5.18. The summed E-state index contributed by atoms with van der Waals surface area (Å²) >= 11 is 1.18. The number of thiophene rings is 1. The molecule has 1 heterocycles. The first-order valence-electron chi connectivity index (χ1n) is 16.5. The Labute approximate surface area is 257 Å². The van der Waals surface area contributed by atoms with Crippen molar-refractivity contribution < 1.29 is 13.2 Å². The number of carbonyl (C=O) groups excluding carboxylic acids is 1. The fraction of sp³-hybridized carbons (Fsp3) is 0.686. The van der Waals surface area contributed by atoms with Crippen molar-refractivity contribution in [3.05, 3.63) is 42.5 Å². The SMILES string of the molecule is CC[C@H]1C[C@H]2C3CCC([C@H](C)CNC(=O)NS(=O)(=O)c4ccc(-c5ccccc5)s4)[C@@]3(C)CC[C@@H]2[C@@]2(C)CCCC[C@@H]12. The van der Waals surface area contributed by atoms with Crippen molar-refractivity contribution in [2.75, 3.05) is 6.54 Å². The maximum Gasteiger partial charge on any atom is 0.328 e. The van der Waals surface area contributed by atoms with Gasteiger partial charge >= 0.3 is 6.03 Å². The standard InChI is InChI=1S/C35H50N2O3S2/c1-5-24-21-26-29-15-14-27(35(29,4)20-18-30(26)34(3)19-10-9-13-28(24)34)23(2)22-36-33(38)37-42(39,40)32-17-16-31(41-32)25-11-7-6-8-12-25/h6-8,11-12,16-17,23-24,26-30H,5,9-10,13-15,18-22H2,1-4H3,(H2,36,37,38)/t23-,24+,26+,27?,28+,29?,30+,34+,35-/m1/s1. The molecule has 42 heavy (non-hydrogen) atoms. The van der Waals surface area contributed by atoms with Gasteiger partial charge in [-0.15, -0.1) is 11.3 Å². The summed E-state index contributed by atoms with van der Waals surface area (Å²) in [6.07, 6.45) is 13.7. The van der Waals surface area contributed by atoms with Gasteiger partial charge in [0, 0.05) is 11.4 Å². The van der Waals surface area contributed by atoms with Gasteiger partial charge < -0.3 is 5.32 Å². The van der Waals surface area contributed by atoms with E-state index in [-0.39, 0.29) is 4.21 Å². The summed E-state index contributed by atoms with van der Waals surface area (Å²) in [6.45, 7) is 10.4. The molecule has 7 heteroatoms. The Balaban J connectivity index is 1.08. The van der Waals surface area contributed by atoms with Crippen molar-refractivity contribution >= 4 is 27.4 Å². The Hall–Kier alpha value is -1.86. The molecule has 0 aliphatic heterocycles. The lowest BCUT2D eigenvalue weighted by molar-refractivity contribution is -0.137. The molecule has 0 saturated heterocycles. The summed E-state index contributed by atoms with van der Waals surface area (Å²) in [5, 5.41) is 2.93. The lowest BCUT2D eigenvalue weighted by Crippen LogP contribution is -2.55. The maximum atomic E-state index is 13.0. The molecule has 4 fully saturated rings. The fourth-order valence-electron chi connectivity index (χ4n) is 10.8. The minimum atomic E-state index is -3.93. The lowest BCUT2D eigenvalue weighted by atomic mass is 9.42. The van der Waals surface area contributed by atoms with Crippen LogP contribution in [0.5, 0.6) is 0 Å². The van der Waals surface area contributed by atoms with Crippen LogP contribution in [-0.2, 0) is 10.0 Å². The summed E-state index contributed by atoms with van der Waals surface area (Å²) in [4.78, 5) is 13.7. The van der Waals surface area contributed by atoms with Crippen LogP contribution in [0.4, 0.5) is 4.79 Å². The Morgan fingerprint density at radius 1 is 0.952 bits per heavy atom. The Kier molecular flexibility index (Phi) is 8.32. The van der Waals surface area contributed by atoms with E-state index in [1.54, 1.807) is 12.1 Å². The number of benzene rings is 1. The van der Waals surface area contributed by atoms with Gasteiger partial charge in [-0.2, -0.15) is 0 Å². The van der Waals surface area contributed by atoms with Crippen molar-refractivity contribution in [1.82, 2.24) is 10.0 Å². The molecule has 9 atom stereocenters. The minimum absolute atomic E-state index is 0.152. The van der Waals surface area contributed by atoms with E-state index in [0.29, 0.717) is 29.2 Å². The van der Waals surface area contributed by atoms with Gasteiger partial charge in [0.2, 0.25) is 0 Å². The van der Waals surface area contributed by atoms with Gasteiger partial charge in [-0.05, 0) is 115 Å². The number of hydrogen-bond donors (Lipinski definition) is 2. The first kappa shape index (κ1) is 30.2. The number of hydrogen-bond acceptors (Lipinski definition) is 4. The first-order valence-corrected chi connectivity index (χ1v) is 18.8. The van der Waals surface area contributed by atoms with E-state index >= 15 is 0 Å². The highest BCUT2D eigenvalue weighted by atomic mass is 32.2. The molecule has 2 amide bonds. The zero-order chi connectivity index (χ0) is 29.7. The van der Waals surface area contributed by atoms with Gasteiger partial charge in [-0.3, -0.25) is 0 Å². The van der Waals surface area contributed by atoms with Gasteiger partial charge in [-0.25, -0.2) is 17.9 Å². The van der Waals surface area contributed by atoms with Crippen LogP contribution in [0, 0.1) is 52.3 Å². The van der Waals surface area contributed by atoms with Crippen molar-refractivity contribution in [3.8, 4) is 10.4 Å². The van der Waals surface area contributed by atoms with Crippen LogP contribution in [0.3, 0.4) is 0 Å². The van der Waals surface area contributed by atoms with Crippen LogP contribution in [0.15, 0.2) is 46.7 Å². The summed E-state index contributed by atoms with van der Waals surface area (Å²) in [5.41, 5.74) is 1.81. The number of carbonyl (C=O) groups is 1. The topological polar surface area (TPSA) is 75.3 Å². The Bertz CT molecular complexity index is 1370. The number of nitrogens with one attached hydrogen (secondary N) is 2. The molecule has 2 unspecified atom stereocenters. The average Bonchev–Trinajstić information content (AvgIpc) is 3.61. The molecule has 0 radical (unpaired) electrons. The molecule has 230 valence electrons. The highest BCUT2D eigenvalue weighted by Gasteiger charge is 2.61. The third kappa shape index (κ3) is 5.25. The number of urea groups is 1. The fourth-order valence-corrected chi connectivity index (χ4v) is 13.1. The van der Waals surface area contributed by atoms with E-state index in [4.69, 9.17) is 0 Å². The summed E-state index contributed by atoms with van der Waals surface area (Å²) < 4.78 is 28.4. The molecule has 1 aromatic carbocycles. The monoisotopic (exact) mass is 610 g/mol. The molecule has 2 aromatic rings. The van der Waals surface area contributed by atoms with Crippen LogP contribution in [0.25, 0.3) is 10.4 Å². The van der Waals surface area contributed by atoms with E-state index in [2.05, 4.69) is 37.7 Å². The van der Waals surface area contributed by atoms with Crippen molar-refractivity contribution in [1.29, 1.82) is 0 Å². The largest absolute Gasteiger partial charge is 0.337 e. The summed E-state index contributed by atoms with van der Waals surface area (Å²) in [7, 11) is -3.93. The lowest BCUT2D eigenvalue weighted by Gasteiger charge is -2.63. The highest BCUT2D eigenvalue weighted by molar-refractivity contribution is 7.92. The summed E-state index contributed by atoms with van der Waals surface area (Å²) in [6, 6.07) is 12.4. The average molecular weight is 611 g/mol. The van der Waals surface area contributed by atoms with Gasteiger partial charge in [0.1, 0.15) is 4.21 Å². The molecule has 4 saturated carbocycles. The predicted molar refractivity (Wildman–Crippen MR) is 172 cm³/mol. The van der Waals surface area contributed by atoms with E-state index in [9.17, 15) is 13.2 Å². The maximum absolute atomic E-state index is 13.0. The second kappa shape index (κ2) is 11.6. The molecule has 5 nitrogen and oxygen atoms in total. The van der Waals surface area contributed by atoms with Gasteiger partial charge in [-0.1, -0.05) is 77.3 Å². The molecule has 6 rings (SSSR count). The molecule has 4 aliphatic rings. The second-order valence-corrected chi connectivity index (χ2v) is 17.6. The third-order valence-electron chi connectivity index (χ3n) is 12.8. The van der Waals surface area contributed by atoms with E-state index < -0.39 is 16.1 Å².